The molecular formula is C45H32N2O. The molecule has 0 atom stereocenters. The summed E-state index contributed by atoms with van der Waals surface area (Å²) in [5, 5.41) is 4.93. The summed E-state index contributed by atoms with van der Waals surface area (Å²) in [6, 6.07) is 55.3. The third-order valence-corrected chi connectivity index (χ3v) is 9.63. The predicted octanol–water partition coefficient (Wildman–Crippen LogP) is 11.4. The van der Waals surface area contributed by atoms with E-state index in [1.807, 2.05) is 43.3 Å². The Kier molecular flexibility index (Phi) is 6.41. The number of aryl methyl sites for hydroxylation is 2. The molecule has 0 bridgehead atoms. The molecule has 3 heteroatoms. The Morgan fingerprint density at radius 1 is 0.438 bits per heavy atom. The van der Waals surface area contributed by atoms with E-state index in [1.54, 1.807) is 0 Å². The maximum Gasteiger partial charge on any atom is 0.193 e. The van der Waals surface area contributed by atoms with Gasteiger partial charge < -0.3 is 9.13 Å². The van der Waals surface area contributed by atoms with Gasteiger partial charge in [0.05, 0.1) is 22.1 Å². The number of rotatable bonds is 5. The zero-order valence-corrected chi connectivity index (χ0v) is 26.8. The highest BCUT2D eigenvalue weighted by Gasteiger charge is 2.21. The average Bonchev–Trinajstić information content (AvgIpc) is 3.65. The van der Waals surface area contributed by atoms with Crippen LogP contribution in [-0.4, -0.2) is 14.9 Å². The summed E-state index contributed by atoms with van der Waals surface area (Å²) >= 11 is 0. The van der Waals surface area contributed by atoms with Crippen LogP contribution in [0.1, 0.15) is 27.0 Å². The largest absolute Gasteiger partial charge is 0.309 e. The smallest absolute Gasteiger partial charge is 0.193 e. The second-order valence-corrected chi connectivity index (χ2v) is 12.7. The maximum atomic E-state index is 13.2. The first-order valence-corrected chi connectivity index (χ1v) is 16.4. The highest BCUT2D eigenvalue weighted by Crippen LogP contribution is 2.42. The summed E-state index contributed by atoms with van der Waals surface area (Å²) in [5.74, 6) is 0.0365. The van der Waals surface area contributed by atoms with Crippen LogP contribution in [0.2, 0.25) is 0 Å². The number of fused-ring (bicyclic) bond motifs is 7. The van der Waals surface area contributed by atoms with Gasteiger partial charge in [-0.1, -0.05) is 121 Å². The molecule has 9 aromatic rings. The fourth-order valence-corrected chi connectivity index (χ4v) is 7.33. The third kappa shape index (κ3) is 4.39. The topological polar surface area (TPSA) is 26.9 Å². The Morgan fingerprint density at radius 2 is 1.06 bits per heavy atom. The molecule has 0 amide bonds. The van der Waals surface area contributed by atoms with Gasteiger partial charge in [-0.15, -0.1) is 0 Å². The third-order valence-electron chi connectivity index (χ3n) is 9.63. The van der Waals surface area contributed by atoms with E-state index in [1.165, 1.54) is 49.2 Å². The zero-order chi connectivity index (χ0) is 32.4. The van der Waals surface area contributed by atoms with E-state index in [4.69, 9.17) is 0 Å². The number of carbonyl (C=O) groups is 1. The molecule has 228 valence electrons. The van der Waals surface area contributed by atoms with Crippen LogP contribution in [-0.2, 0) is 0 Å². The SMILES string of the molecule is Cc1ccc(C(=O)c2ccc(-c3cccc(-n4c5ccccc5c5ccc6c(c7ccccc7n6-c6cccc(C)c6)c54)c3)cc2)cc1. The van der Waals surface area contributed by atoms with Crippen molar-refractivity contribution in [2.45, 2.75) is 13.8 Å². The van der Waals surface area contributed by atoms with E-state index in [2.05, 4.69) is 137 Å². The summed E-state index contributed by atoms with van der Waals surface area (Å²) in [6.45, 7) is 4.18. The first kappa shape index (κ1) is 28.1. The van der Waals surface area contributed by atoms with E-state index in [0.717, 1.165) is 28.1 Å². The van der Waals surface area contributed by atoms with Gasteiger partial charge in [0.25, 0.3) is 0 Å². The highest BCUT2D eigenvalue weighted by molar-refractivity contribution is 6.26. The molecule has 2 heterocycles. The lowest BCUT2D eigenvalue weighted by Crippen LogP contribution is -2.01. The Labute approximate surface area is 278 Å². The number of benzene rings is 7. The van der Waals surface area contributed by atoms with E-state index >= 15 is 0 Å². The van der Waals surface area contributed by atoms with Crippen LogP contribution >= 0.6 is 0 Å². The molecule has 3 nitrogen and oxygen atoms in total. The standard InChI is InChI=1S/C45H32N2O/c1-29-17-19-32(20-18-29)45(48)33-23-21-31(22-24-33)34-10-8-12-36(28-34)47-40-15-5-3-13-37(40)38-25-26-42-43(44(38)47)39-14-4-6-16-41(39)46(42)35-11-7-9-30(2)27-35/h3-28H,1-2H3. The molecule has 0 aliphatic heterocycles. The predicted molar refractivity (Wildman–Crippen MR) is 200 cm³/mol. The number of aromatic nitrogens is 2. The van der Waals surface area contributed by atoms with Crippen molar-refractivity contribution in [3.63, 3.8) is 0 Å². The molecule has 0 N–H and O–H groups in total. The number of nitrogens with zero attached hydrogens (tertiary/aromatic N) is 2. The average molecular weight is 617 g/mol. The van der Waals surface area contributed by atoms with Gasteiger partial charge in [0, 0.05) is 44.0 Å². The fourth-order valence-electron chi connectivity index (χ4n) is 7.33. The van der Waals surface area contributed by atoms with Crippen LogP contribution in [0.3, 0.4) is 0 Å². The van der Waals surface area contributed by atoms with E-state index in [9.17, 15) is 4.79 Å². The fraction of sp³-hybridized carbons (Fsp3) is 0.0444. The van der Waals surface area contributed by atoms with Gasteiger partial charge in [0.2, 0.25) is 0 Å². The van der Waals surface area contributed by atoms with E-state index in [-0.39, 0.29) is 5.78 Å². The monoisotopic (exact) mass is 616 g/mol. The molecule has 0 unspecified atom stereocenters. The van der Waals surface area contributed by atoms with Crippen molar-refractivity contribution in [1.82, 2.24) is 9.13 Å². The summed E-state index contributed by atoms with van der Waals surface area (Å²) < 4.78 is 4.83. The van der Waals surface area contributed by atoms with Gasteiger partial charge in [-0.2, -0.15) is 0 Å². The van der Waals surface area contributed by atoms with Crippen molar-refractivity contribution >= 4 is 49.4 Å². The van der Waals surface area contributed by atoms with Crippen LogP contribution < -0.4 is 0 Å². The number of hydrogen-bond donors (Lipinski definition) is 0. The molecule has 0 radical (unpaired) electrons. The van der Waals surface area contributed by atoms with Crippen molar-refractivity contribution in [3.05, 3.63) is 180 Å². The normalized spacial score (nSPS) is 11.6. The summed E-state index contributed by atoms with van der Waals surface area (Å²) in [4.78, 5) is 13.2. The summed E-state index contributed by atoms with van der Waals surface area (Å²) in [7, 11) is 0. The number of para-hydroxylation sites is 2. The van der Waals surface area contributed by atoms with E-state index in [0.29, 0.717) is 11.1 Å². The number of ketones is 1. The molecule has 0 saturated heterocycles. The lowest BCUT2D eigenvalue weighted by Gasteiger charge is -2.12. The molecule has 0 aliphatic rings. The first-order chi connectivity index (χ1) is 23.5. The van der Waals surface area contributed by atoms with Gasteiger partial charge >= 0.3 is 0 Å². The van der Waals surface area contributed by atoms with Gasteiger partial charge in [-0.25, -0.2) is 0 Å². The second kappa shape index (κ2) is 11.0. The van der Waals surface area contributed by atoms with Crippen LogP contribution in [0.5, 0.6) is 0 Å². The van der Waals surface area contributed by atoms with Crippen molar-refractivity contribution < 1.29 is 4.79 Å². The Balaban J connectivity index is 1.25. The van der Waals surface area contributed by atoms with Crippen LogP contribution in [0.25, 0.3) is 66.1 Å². The molecular weight excluding hydrogens is 585 g/mol. The van der Waals surface area contributed by atoms with E-state index < -0.39 is 0 Å². The van der Waals surface area contributed by atoms with Crippen molar-refractivity contribution in [2.24, 2.45) is 0 Å². The van der Waals surface area contributed by atoms with Crippen molar-refractivity contribution in [2.75, 3.05) is 0 Å². The van der Waals surface area contributed by atoms with Gasteiger partial charge in [0.1, 0.15) is 0 Å². The molecule has 0 spiro atoms. The minimum absolute atomic E-state index is 0.0365. The molecule has 9 rings (SSSR count). The van der Waals surface area contributed by atoms with Gasteiger partial charge in [0.15, 0.2) is 5.78 Å². The summed E-state index contributed by atoms with van der Waals surface area (Å²) in [6.07, 6.45) is 0. The molecule has 0 fully saturated rings. The van der Waals surface area contributed by atoms with Crippen LogP contribution in [0.15, 0.2) is 158 Å². The first-order valence-electron chi connectivity index (χ1n) is 16.4. The Morgan fingerprint density at radius 3 is 1.79 bits per heavy atom. The molecule has 2 aromatic heterocycles. The second-order valence-electron chi connectivity index (χ2n) is 12.7. The molecule has 0 aliphatic carbocycles. The lowest BCUT2D eigenvalue weighted by atomic mass is 9.98. The lowest BCUT2D eigenvalue weighted by molar-refractivity contribution is 0.103. The molecule has 48 heavy (non-hydrogen) atoms. The minimum Gasteiger partial charge on any atom is -0.309 e. The summed E-state index contributed by atoms with van der Waals surface area (Å²) in [5.41, 5.74) is 12.9. The van der Waals surface area contributed by atoms with Gasteiger partial charge in [-0.3, -0.25) is 4.79 Å². The maximum absolute atomic E-state index is 13.2. The molecule has 0 saturated carbocycles. The van der Waals surface area contributed by atoms with Crippen LogP contribution in [0.4, 0.5) is 0 Å². The number of hydrogen-bond acceptors (Lipinski definition) is 1. The van der Waals surface area contributed by atoms with Gasteiger partial charge in [-0.05, 0) is 73.0 Å². The van der Waals surface area contributed by atoms with Crippen molar-refractivity contribution in [1.29, 1.82) is 0 Å². The van der Waals surface area contributed by atoms with Crippen LogP contribution in [0, 0.1) is 13.8 Å². The quantitative estimate of drug-likeness (QED) is 0.177. The Hall–Kier alpha value is -6.19. The zero-order valence-electron chi connectivity index (χ0n) is 26.8. The van der Waals surface area contributed by atoms with Crippen molar-refractivity contribution in [3.8, 4) is 22.5 Å². The minimum atomic E-state index is 0.0365. The number of carbonyl (C=O) groups excluding carboxylic acids is 1. The highest BCUT2D eigenvalue weighted by atomic mass is 16.1. The Bertz CT molecular complexity index is 2690. The molecule has 7 aromatic carbocycles.